The van der Waals surface area contributed by atoms with Crippen LogP contribution in [0.15, 0.2) is 29.4 Å². The highest BCUT2D eigenvalue weighted by Gasteiger charge is 2.22. The zero-order chi connectivity index (χ0) is 15.5. The summed E-state index contributed by atoms with van der Waals surface area (Å²) in [6, 6.07) is 3.69. The van der Waals surface area contributed by atoms with Gasteiger partial charge in [-0.15, -0.1) is 0 Å². The molecule has 1 heterocycles. The standard InChI is InChI=1S/C12H14ClFN4O2S/c1-2-15-6-8-7-16-17-12(8)21(19,20)18-11-4-3-9(13)5-10(11)14/h3-5,7,15,18H,2,6H2,1H3,(H,16,17). The first-order valence-electron chi connectivity index (χ1n) is 6.15. The first kappa shape index (κ1) is 15.7. The Balaban J connectivity index is 2.28. The summed E-state index contributed by atoms with van der Waals surface area (Å²) in [6.07, 6.45) is 1.41. The average molecular weight is 333 g/mol. The van der Waals surface area contributed by atoms with Crippen LogP contribution in [0.4, 0.5) is 10.1 Å². The van der Waals surface area contributed by atoms with Gasteiger partial charge in [0.15, 0.2) is 5.03 Å². The number of sulfonamides is 1. The molecule has 0 saturated heterocycles. The molecule has 9 heteroatoms. The van der Waals surface area contributed by atoms with Crippen molar-refractivity contribution in [3.8, 4) is 0 Å². The number of rotatable bonds is 6. The van der Waals surface area contributed by atoms with Gasteiger partial charge in [0.1, 0.15) is 5.82 Å². The third-order valence-electron chi connectivity index (χ3n) is 2.69. The van der Waals surface area contributed by atoms with Gasteiger partial charge in [0, 0.05) is 17.1 Å². The molecule has 6 nitrogen and oxygen atoms in total. The van der Waals surface area contributed by atoms with E-state index >= 15 is 0 Å². The van der Waals surface area contributed by atoms with Gasteiger partial charge in [-0.1, -0.05) is 18.5 Å². The minimum absolute atomic E-state index is 0.0993. The second-order valence-corrected chi connectivity index (χ2v) is 6.29. The Morgan fingerprint density at radius 1 is 1.43 bits per heavy atom. The molecule has 0 spiro atoms. The first-order chi connectivity index (χ1) is 9.94. The molecule has 0 atom stereocenters. The molecule has 0 aliphatic heterocycles. The number of nitrogens with zero attached hydrogens (tertiary/aromatic N) is 1. The minimum Gasteiger partial charge on any atom is -0.313 e. The zero-order valence-electron chi connectivity index (χ0n) is 11.2. The van der Waals surface area contributed by atoms with Crippen LogP contribution in [0, 0.1) is 5.82 Å². The van der Waals surface area contributed by atoms with Crippen molar-refractivity contribution < 1.29 is 12.8 Å². The summed E-state index contributed by atoms with van der Waals surface area (Å²) in [5.74, 6) is -0.751. The highest BCUT2D eigenvalue weighted by molar-refractivity contribution is 7.92. The molecule has 2 aromatic rings. The van der Waals surface area contributed by atoms with Crippen LogP contribution in [0.3, 0.4) is 0 Å². The van der Waals surface area contributed by atoms with E-state index in [2.05, 4.69) is 20.2 Å². The van der Waals surface area contributed by atoms with Gasteiger partial charge in [-0.25, -0.2) is 4.39 Å². The third-order valence-corrected chi connectivity index (χ3v) is 4.30. The van der Waals surface area contributed by atoms with Crippen LogP contribution in [-0.4, -0.2) is 25.2 Å². The number of aromatic nitrogens is 2. The van der Waals surface area contributed by atoms with E-state index in [0.717, 1.165) is 6.07 Å². The number of H-pyrrole nitrogens is 1. The summed E-state index contributed by atoms with van der Waals surface area (Å²) >= 11 is 5.63. The van der Waals surface area contributed by atoms with Gasteiger partial charge in [-0.3, -0.25) is 9.82 Å². The highest BCUT2D eigenvalue weighted by Crippen LogP contribution is 2.22. The van der Waals surface area contributed by atoms with Crippen LogP contribution in [0.2, 0.25) is 5.02 Å². The number of nitrogens with one attached hydrogen (secondary N) is 3. The lowest BCUT2D eigenvalue weighted by molar-refractivity contribution is 0.592. The summed E-state index contributed by atoms with van der Waals surface area (Å²) in [6.45, 7) is 2.92. The lowest BCUT2D eigenvalue weighted by Gasteiger charge is -2.09. The summed E-state index contributed by atoms with van der Waals surface area (Å²) in [7, 11) is -3.96. The zero-order valence-corrected chi connectivity index (χ0v) is 12.7. The maximum Gasteiger partial charge on any atom is 0.279 e. The molecule has 0 aliphatic carbocycles. The van der Waals surface area contributed by atoms with Crippen molar-refractivity contribution in [2.24, 2.45) is 0 Å². The molecule has 0 saturated carbocycles. The molecule has 21 heavy (non-hydrogen) atoms. The van der Waals surface area contributed by atoms with Crippen molar-refractivity contribution in [3.63, 3.8) is 0 Å². The molecule has 0 bridgehead atoms. The Bertz CT molecular complexity index is 733. The minimum atomic E-state index is -3.96. The van der Waals surface area contributed by atoms with E-state index in [1.54, 1.807) is 0 Å². The molecule has 1 aromatic carbocycles. The molecule has 1 aromatic heterocycles. The second-order valence-electron chi connectivity index (χ2n) is 4.23. The Kier molecular flexibility index (Phi) is 4.81. The van der Waals surface area contributed by atoms with Gasteiger partial charge in [0.05, 0.1) is 11.9 Å². The normalized spacial score (nSPS) is 11.6. The number of benzene rings is 1. The molecule has 0 fully saturated rings. The molecule has 3 N–H and O–H groups in total. The summed E-state index contributed by atoms with van der Waals surface area (Å²) in [5, 5.41) is 9.23. The van der Waals surface area contributed by atoms with E-state index in [1.807, 2.05) is 6.92 Å². The Morgan fingerprint density at radius 3 is 2.86 bits per heavy atom. The van der Waals surface area contributed by atoms with Crippen LogP contribution in [0.25, 0.3) is 0 Å². The van der Waals surface area contributed by atoms with Crippen LogP contribution >= 0.6 is 11.6 Å². The maximum atomic E-state index is 13.7. The Labute approximate surface area is 126 Å². The van der Waals surface area contributed by atoms with Crippen LogP contribution in [0.5, 0.6) is 0 Å². The highest BCUT2D eigenvalue weighted by atomic mass is 35.5. The topological polar surface area (TPSA) is 86.9 Å². The first-order valence-corrected chi connectivity index (χ1v) is 8.01. The Morgan fingerprint density at radius 2 is 2.19 bits per heavy atom. The fraction of sp³-hybridized carbons (Fsp3) is 0.250. The lowest BCUT2D eigenvalue weighted by Crippen LogP contribution is -2.19. The van der Waals surface area contributed by atoms with Crippen molar-refractivity contribution in [2.75, 3.05) is 11.3 Å². The number of hydrogen-bond acceptors (Lipinski definition) is 4. The van der Waals surface area contributed by atoms with Crippen LogP contribution < -0.4 is 10.0 Å². The molecule has 0 radical (unpaired) electrons. The SMILES string of the molecule is CCNCc1cn[nH]c1S(=O)(=O)Nc1ccc(Cl)cc1F. The lowest BCUT2D eigenvalue weighted by atomic mass is 10.3. The van der Waals surface area contributed by atoms with Crippen molar-refractivity contribution in [3.05, 3.63) is 40.8 Å². The molecule has 114 valence electrons. The summed E-state index contributed by atoms with van der Waals surface area (Å²) < 4.78 is 40.4. The Hall–Kier alpha value is -1.64. The monoisotopic (exact) mass is 332 g/mol. The van der Waals surface area contributed by atoms with E-state index in [4.69, 9.17) is 11.6 Å². The van der Waals surface area contributed by atoms with Crippen LogP contribution in [-0.2, 0) is 16.6 Å². The largest absolute Gasteiger partial charge is 0.313 e. The van der Waals surface area contributed by atoms with Gasteiger partial charge in [-0.2, -0.15) is 13.5 Å². The van der Waals surface area contributed by atoms with Crippen LogP contribution in [0.1, 0.15) is 12.5 Å². The quantitative estimate of drug-likeness (QED) is 0.756. The number of aromatic amines is 1. The van der Waals surface area contributed by atoms with Gasteiger partial charge >= 0.3 is 0 Å². The van der Waals surface area contributed by atoms with Crippen molar-refractivity contribution in [1.82, 2.24) is 15.5 Å². The molecule has 0 unspecified atom stereocenters. The van der Waals surface area contributed by atoms with E-state index < -0.39 is 15.8 Å². The second kappa shape index (κ2) is 6.42. The van der Waals surface area contributed by atoms with Crippen molar-refractivity contribution >= 4 is 27.3 Å². The molecule has 0 amide bonds. The van der Waals surface area contributed by atoms with Crippen molar-refractivity contribution in [2.45, 2.75) is 18.5 Å². The summed E-state index contributed by atoms with van der Waals surface area (Å²) in [5.41, 5.74) is 0.294. The van der Waals surface area contributed by atoms with E-state index in [9.17, 15) is 12.8 Å². The van der Waals surface area contributed by atoms with Gasteiger partial charge in [0.25, 0.3) is 10.0 Å². The fourth-order valence-corrected chi connectivity index (χ4v) is 3.04. The predicted molar refractivity (Wildman–Crippen MR) is 78.2 cm³/mol. The molecule has 2 rings (SSSR count). The van der Waals surface area contributed by atoms with E-state index in [-0.39, 0.29) is 15.7 Å². The fourth-order valence-electron chi connectivity index (χ4n) is 1.69. The smallest absolute Gasteiger partial charge is 0.279 e. The number of anilines is 1. The maximum absolute atomic E-state index is 13.7. The van der Waals surface area contributed by atoms with Gasteiger partial charge in [-0.05, 0) is 24.7 Å². The van der Waals surface area contributed by atoms with E-state index in [0.29, 0.717) is 18.7 Å². The van der Waals surface area contributed by atoms with Crippen molar-refractivity contribution in [1.29, 1.82) is 0 Å². The molecule has 0 aliphatic rings. The van der Waals surface area contributed by atoms with Gasteiger partial charge < -0.3 is 5.32 Å². The molecular formula is C12H14ClFN4O2S. The average Bonchev–Trinajstić information content (AvgIpc) is 2.89. The van der Waals surface area contributed by atoms with Gasteiger partial charge in [0.2, 0.25) is 0 Å². The predicted octanol–water partition coefficient (Wildman–Crippen LogP) is 2.11. The number of halogens is 2. The van der Waals surface area contributed by atoms with E-state index in [1.165, 1.54) is 18.3 Å². The molecular weight excluding hydrogens is 319 g/mol. The number of hydrogen-bond donors (Lipinski definition) is 3. The third kappa shape index (κ3) is 3.72. The summed E-state index contributed by atoms with van der Waals surface area (Å²) in [4.78, 5) is 0.